The van der Waals surface area contributed by atoms with E-state index in [2.05, 4.69) is 6.08 Å². The van der Waals surface area contributed by atoms with E-state index in [-0.39, 0.29) is 23.1 Å². The molecule has 1 aliphatic carbocycles. The normalized spacial score (nSPS) is 16.3. The molecule has 8 nitrogen and oxygen atoms in total. The van der Waals surface area contributed by atoms with Gasteiger partial charge in [-0.15, -0.1) is 0 Å². The van der Waals surface area contributed by atoms with Crippen LogP contribution in [0.1, 0.15) is 42.7 Å². The summed E-state index contributed by atoms with van der Waals surface area (Å²) in [6, 6.07) is 10.7. The van der Waals surface area contributed by atoms with Crippen LogP contribution in [0.25, 0.3) is 10.9 Å². The number of rotatable bonds is 7. The Balaban J connectivity index is 1.25. The molecular formula is C27H30N4O4S. The van der Waals surface area contributed by atoms with Crippen molar-refractivity contribution in [1.29, 1.82) is 0 Å². The standard InChI is InChI=1S/C27H30N4O4S/c32-24(29-14-16-30(17-15-29)26(34)23-11-6-18-35-23)19-36-27-28-22-10-5-4-9-21(22)25(33)31(27)13-12-20-7-2-1-3-8-20/h4-7,9-11,18H,1-3,8,12-17,19H2. The molecule has 0 bridgehead atoms. The van der Waals surface area contributed by atoms with Gasteiger partial charge in [0.05, 0.1) is 22.9 Å². The van der Waals surface area contributed by atoms with Crippen molar-refractivity contribution in [3.8, 4) is 0 Å². The lowest BCUT2D eigenvalue weighted by Crippen LogP contribution is -2.51. The summed E-state index contributed by atoms with van der Waals surface area (Å²) in [4.78, 5) is 47.0. The average Bonchev–Trinajstić information content (AvgIpc) is 3.47. The third-order valence-corrected chi connectivity index (χ3v) is 7.81. The zero-order chi connectivity index (χ0) is 24.9. The van der Waals surface area contributed by atoms with Gasteiger partial charge in [0.2, 0.25) is 5.91 Å². The molecule has 36 heavy (non-hydrogen) atoms. The molecule has 3 heterocycles. The van der Waals surface area contributed by atoms with Gasteiger partial charge in [0.1, 0.15) is 0 Å². The highest BCUT2D eigenvalue weighted by Gasteiger charge is 2.26. The lowest BCUT2D eigenvalue weighted by Gasteiger charge is -2.34. The van der Waals surface area contributed by atoms with Crippen molar-refractivity contribution < 1.29 is 14.0 Å². The average molecular weight is 507 g/mol. The molecule has 188 valence electrons. The monoisotopic (exact) mass is 506 g/mol. The quantitative estimate of drug-likeness (QED) is 0.274. The maximum Gasteiger partial charge on any atom is 0.289 e. The molecule has 2 aromatic heterocycles. The molecule has 9 heteroatoms. The van der Waals surface area contributed by atoms with Crippen LogP contribution in [0.15, 0.2) is 68.7 Å². The molecule has 0 atom stereocenters. The lowest BCUT2D eigenvalue weighted by molar-refractivity contribution is -0.129. The molecule has 1 aliphatic heterocycles. The van der Waals surface area contributed by atoms with E-state index in [4.69, 9.17) is 9.40 Å². The second kappa shape index (κ2) is 11.2. The minimum absolute atomic E-state index is 0.0194. The van der Waals surface area contributed by atoms with Crippen LogP contribution < -0.4 is 5.56 Å². The zero-order valence-electron chi connectivity index (χ0n) is 20.2. The fourth-order valence-electron chi connectivity index (χ4n) is 4.77. The largest absolute Gasteiger partial charge is 0.459 e. The number of fused-ring (bicyclic) bond motifs is 1. The number of carbonyl (C=O) groups excluding carboxylic acids is 2. The molecule has 2 aliphatic rings. The van der Waals surface area contributed by atoms with Crippen LogP contribution in [0.4, 0.5) is 0 Å². The van der Waals surface area contributed by atoms with Crippen LogP contribution in [-0.2, 0) is 11.3 Å². The number of benzene rings is 1. The minimum Gasteiger partial charge on any atom is -0.459 e. The molecule has 0 N–H and O–H groups in total. The van der Waals surface area contributed by atoms with E-state index >= 15 is 0 Å². The highest BCUT2D eigenvalue weighted by Crippen LogP contribution is 2.23. The Kier molecular flexibility index (Phi) is 7.55. The zero-order valence-corrected chi connectivity index (χ0v) is 21.0. The van der Waals surface area contributed by atoms with Crippen LogP contribution in [0.2, 0.25) is 0 Å². The summed E-state index contributed by atoms with van der Waals surface area (Å²) in [7, 11) is 0. The van der Waals surface area contributed by atoms with Crippen molar-refractivity contribution in [3.05, 3.63) is 70.4 Å². The van der Waals surface area contributed by atoms with Gasteiger partial charge in [0.25, 0.3) is 11.5 Å². The van der Waals surface area contributed by atoms with Crippen molar-refractivity contribution in [3.63, 3.8) is 0 Å². The molecule has 5 rings (SSSR count). The Morgan fingerprint density at radius 1 is 1.00 bits per heavy atom. The van der Waals surface area contributed by atoms with Crippen LogP contribution in [0.5, 0.6) is 0 Å². The van der Waals surface area contributed by atoms with Gasteiger partial charge < -0.3 is 14.2 Å². The molecule has 1 saturated heterocycles. The highest BCUT2D eigenvalue weighted by atomic mass is 32.2. The number of hydrogen-bond donors (Lipinski definition) is 0. The second-order valence-corrected chi connectivity index (χ2v) is 10.1. The van der Waals surface area contributed by atoms with E-state index in [0.29, 0.717) is 54.5 Å². The molecule has 0 saturated carbocycles. The fourth-order valence-corrected chi connectivity index (χ4v) is 5.70. The van der Waals surface area contributed by atoms with Gasteiger partial charge >= 0.3 is 0 Å². The van der Waals surface area contributed by atoms with E-state index in [9.17, 15) is 14.4 Å². The number of nitrogens with zero attached hydrogens (tertiary/aromatic N) is 4. The summed E-state index contributed by atoms with van der Waals surface area (Å²) < 4.78 is 6.94. The first kappa shape index (κ1) is 24.4. The highest BCUT2D eigenvalue weighted by molar-refractivity contribution is 7.99. The van der Waals surface area contributed by atoms with Crippen LogP contribution >= 0.6 is 11.8 Å². The third kappa shape index (κ3) is 5.41. The van der Waals surface area contributed by atoms with E-state index in [1.807, 2.05) is 24.3 Å². The number of allylic oxidation sites excluding steroid dienone is 2. The van der Waals surface area contributed by atoms with Crippen LogP contribution in [0, 0.1) is 0 Å². The third-order valence-electron chi connectivity index (χ3n) is 6.84. The van der Waals surface area contributed by atoms with Gasteiger partial charge in [-0.3, -0.25) is 19.0 Å². The van der Waals surface area contributed by atoms with Crippen molar-refractivity contribution >= 4 is 34.5 Å². The van der Waals surface area contributed by atoms with E-state index < -0.39 is 0 Å². The van der Waals surface area contributed by atoms with Gasteiger partial charge in [-0.25, -0.2) is 4.98 Å². The summed E-state index contributed by atoms with van der Waals surface area (Å²) in [5, 5.41) is 1.18. The van der Waals surface area contributed by atoms with Crippen molar-refractivity contribution in [2.75, 3.05) is 31.9 Å². The Hall–Kier alpha value is -3.33. The first-order chi connectivity index (χ1) is 17.6. The van der Waals surface area contributed by atoms with Crippen molar-refractivity contribution in [2.45, 2.75) is 43.8 Å². The first-order valence-electron chi connectivity index (χ1n) is 12.5. The van der Waals surface area contributed by atoms with Crippen molar-refractivity contribution in [2.24, 2.45) is 0 Å². The second-order valence-electron chi connectivity index (χ2n) is 9.17. The number of thioether (sulfide) groups is 1. The molecule has 0 unspecified atom stereocenters. The molecule has 1 aromatic carbocycles. The maximum absolute atomic E-state index is 13.3. The molecule has 2 amide bonds. The topological polar surface area (TPSA) is 88.7 Å². The Morgan fingerprint density at radius 2 is 1.81 bits per heavy atom. The van der Waals surface area contributed by atoms with Gasteiger partial charge in [0.15, 0.2) is 10.9 Å². The lowest BCUT2D eigenvalue weighted by atomic mass is 9.97. The number of aromatic nitrogens is 2. The number of para-hydroxylation sites is 1. The number of furan rings is 1. The summed E-state index contributed by atoms with van der Waals surface area (Å²) in [6.07, 6.45) is 9.24. The predicted molar refractivity (Wildman–Crippen MR) is 139 cm³/mol. The van der Waals surface area contributed by atoms with Gasteiger partial charge in [0, 0.05) is 32.7 Å². The summed E-state index contributed by atoms with van der Waals surface area (Å²) >= 11 is 1.32. The Morgan fingerprint density at radius 3 is 2.56 bits per heavy atom. The van der Waals surface area contributed by atoms with Gasteiger partial charge in [-0.2, -0.15) is 0 Å². The fraction of sp³-hybridized carbons (Fsp3) is 0.407. The summed E-state index contributed by atoms with van der Waals surface area (Å²) in [5.41, 5.74) is 1.99. The Bertz CT molecular complexity index is 1320. The molecule has 1 fully saturated rings. The number of piperazine rings is 1. The Labute approximate surface area is 214 Å². The number of amides is 2. The van der Waals surface area contributed by atoms with Crippen LogP contribution in [-0.4, -0.2) is 63.1 Å². The van der Waals surface area contributed by atoms with E-state index in [0.717, 1.165) is 19.3 Å². The summed E-state index contributed by atoms with van der Waals surface area (Å²) in [5.74, 6) is 0.335. The molecular weight excluding hydrogens is 476 g/mol. The molecule has 3 aromatic rings. The molecule has 0 spiro atoms. The van der Waals surface area contributed by atoms with Gasteiger partial charge in [-0.1, -0.05) is 35.5 Å². The maximum atomic E-state index is 13.3. The predicted octanol–water partition coefficient (Wildman–Crippen LogP) is 3.96. The smallest absolute Gasteiger partial charge is 0.289 e. The van der Waals surface area contributed by atoms with Crippen molar-refractivity contribution in [1.82, 2.24) is 19.4 Å². The van der Waals surface area contributed by atoms with Gasteiger partial charge in [-0.05, 0) is 56.4 Å². The van der Waals surface area contributed by atoms with E-state index in [1.54, 1.807) is 26.5 Å². The first-order valence-corrected chi connectivity index (χ1v) is 13.5. The summed E-state index contributed by atoms with van der Waals surface area (Å²) in [6.45, 7) is 2.43. The number of hydrogen-bond acceptors (Lipinski definition) is 6. The number of carbonyl (C=O) groups is 2. The SMILES string of the molecule is O=C(CSc1nc2ccccc2c(=O)n1CCC1=CCCCC1)N1CCN(C(=O)c2ccco2)CC1. The van der Waals surface area contributed by atoms with E-state index in [1.165, 1.54) is 36.4 Å². The molecule has 0 radical (unpaired) electrons. The van der Waals surface area contributed by atoms with Crippen LogP contribution in [0.3, 0.4) is 0 Å². The minimum atomic E-state index is -0.154.